The lowest BCUT2D eigenvalue weighted by Gasteiger charge is -2.09. The van der Waals surface area contributed by atoms with Crippen LogP contribution in [0.3, 0.4) is 0 Å². The van der Waals surface area contributed by atoms with Crippen LogP contribution in [-0.2, 0) is 16.1 Å². The van der Waals surface area contributed by atoms with Crippen molar-refractivity contribution < 1.29 is 23.9 Å². The van der Waals surface area contributed by atoms with Crippen LogP contribution in [0.5, 0.6) is 11.5 Å². The quantitative estimate of drug-likeness (QED) is 0.640. The Bertz CT molecular complexity index is 847. The van der Waals surface area contributed by atoms with Gasteiger partial charge in [-0.15, -0.1) is 0 Å². The first-order chi connectivity index (χ1) is 12.0. The highest BCUT2D eigenvalue weighted by atomic mass is 16.7. The fraction of sp³-hybridized carbons (Fsp3) is 0.167. The fourth-order valence-corrected chi connectivity index (χ4v) is 2.42. The summed E-state index contributed by atoms with van der Waals surface area (Å²) in [6.07, 6.45) is 0. The molecule has 3 rings (SSSR count). The Morgan fingerprint density at radius 3 is 2.60 bits per heavy atom. The van der Waals surface area contributed by atoms with E-state index in [1.807, 2.05) is 0 Å². The molecule has 0 radical (unpaired) electrons. The number of fused-ring (bicyclic) bond motifs is 1. The number of ketones is 1. The van der Waals surface area contributed by atoms with Crippen LogP contribution in [0.15, 0.2) is 42.5 Å². The summed E-state index contributed by atoms with van der Waals surface area (Å²) in [5.74, 6) is -0.536. The van der Waals surface area contributed by atoms with E-state index in [0.717, 1.165) is 5.56 Å². The van der Waals surface area contributed by atoms with Gasteiger partial charge in [0.2, 0.25) is 12.7 Å². The molecule has 1 aliphatic rings. The number of carbonyl (C=O) groups is 3. The van der Waals surface area contributed by atoms with Crippen LogP contribution in [0.2, 0.25) is 0 Å². The van der Waals surface area contributed by atoms with Crippen molar-refractivity contribution in [3.05, 3.63) is 53.6 Å². The van der Waals surface area contributed by atoms with E-state index in [9.17, 15) is 14.4 Å². The van der Waals surface area contributed by atoms with Crippen LogP contribution >= 0.6 is 0 Å². The number of rotatable bonds is 5. The first-order valence-corrected chi connectivity index (χ1v) is 7.62. The van der Waals surface area contributed by atoms with Crippen molar-refractivity contribution in [2.75, 3.05) is 12.1 Å². The number of anilines is 1. The lowest BCUT2D eigenvalue weighted by atomic mass is 10.1. The molecule has 2 N–H and O–H groups in total. The highest BCUT2D eigenvalue weighted by Crippen LogP contribution is 2.32. The van der Waals surface area contributed by atoms with Gasteiger partial charge >= 0.3 is 0 Å². The second-order valence-corrected chi connectivity index (χ2v) is 5.43. The number of ether oxygens (including phenoxy) is 2. The molecular formula is C18H16N2O5. The number of benzene rings is 2. The minimum absolute atomic E-state index is 0.140. The van der Waals surface area contributed by atoms with Crippen molar-refractivity contribution >= 4 is 23.3 Å². The predicted octanol–water partition coefficient (Wildman–Crippen LogP) is 1.87. The normalized spacial score (nSPS) is 11.7. The number of nitrogens with one attached hydrogen (secondary N) is 2. The van der Waals surface area contributed by atoms with E-state index in [2.05, 4.69) is 10.6 Å². The molecule has 0 aliphatic carbocycles. The van der Waals surface area contributed by atoms with E-state index in [1.54, 1.807) is 36.4 Å². The third kappa shape index (κ3) is 3.77. The first-order valence-electron chi connectivity index (χ1n) is 7.62. The average molecular weight is 340 g/mol. The van der Waals surface area contributed by atoms with Gasteiger partial charge < -0.3 is 20.1 Å². The second kappa shape index (κ2) is 7.04. The third-order valence-corrected chi connectivity index (χ3v) is 3.58. The van der Waals surface area contributed by atoms with E-state index < -0.39 is 11.7 Å². The molecule has 0 atom stereocenters. The molecule has 2 amide bonds. The lowest BCUT2D eigenvalue weighted by Crippen LogP contribution is -2.31. The Labute approximate surface area is 143 Å². The van der Waals surface area contributed by atoms with Gasteiger partial charge in [-0.3, -0.25) is 14.4 Å². The topological polar surface area (TPSA) is 93.7 Å². The summed E-state index contributed by atoms with van der Waals surface area (Å²) in [6, 6.07) is 11.6. The van der Waals surface area contributed by atoms with Crippen LogP contribution in [0, 0.1) is 0 Å². The molecule has 2 aromatic rings. The molecule has 7 nitrogen and oxygen atoms in total. The van der Waals surface area contributed by atoms with Crippen molar-refractivity contribution in [3.8, 4) is 11.5 Å². The summed E-state index contributed by atoms with van der Waals surface area (Å²) in [4.78, 5) is 35.7. The highest BCUT2D eigenvalue weighted by Gasteiger charge is 2.20. The largest absolute Gasteiger partial charge is 0.454 e. The standard InChI is InChI=1S/C18H16N2O5/c1-11(21)20-14-5-3-2-4-13(14)17(22)18(23)19-9-12-6-7-15-16(8-12)25-10-24-15/h2-8H,9-10H2,1H3,(H,19,23)(H,20,21). The summed E-state index contributed by atoms with van der Waals surface area (Å²) in [5.41, 5.74) is 1.22. The van der Waals surface area contributed by atoms with Crippen LogP contribution in [-0.4, -0.2) is 24.4 Å². The van der Waals surface area contributed by atoms with Crippen molar-refractivity contribution in [3.63, 3.8) is 0 Å². The Balaban J connectivity index is 1.67. The summed E-state index contributed by atoms with van der Waals surface area (Å²) >= 11 is 0. The Kier molecular flexibility index (Phi) is 4.65. The first kappa shape index (κ1) is 16.5. The lowest BCUT2D eigenvalue weighted by molar-refractivity contribution is -0.117. The average Bonchev–Trinajstić information content (AvgIpc) is 3.06. The number of hydrogen-bond donors (Lipinski definition) is 2. The van der Waals surface area contributed by atoms with Crippen molar-refractivity contribution in [2.24, 2.45) is 0 Å². The van der Waals surface area contributed by atoms with Crippen LogP contribution < -0.4 is 20.1 Å². The van der Waals surface area contributed by atoms with Gasteiger partial charge in [-0.25, -0.2) is 0 Å². The summed E-state index contributed by atoms with van der Waals surface area (Å²) < 4.78 is 10.5. The van der Waals surface area contributed by atoms with Crippen molar-refractivity contribution in [1.82, 2.24) is 5.32 Å². The van der Waals surface area contributed by atoms with Gasteiger partial charge in [0.25, 0.3) is 11.7 Å². The zero-order valence-corrected chi connectivity index (χ0v) is 13.5. The van der Waals surface area contributed by atoms with E-state index in [4.69, 9.17) is 9.47 Å². The van der Waals surface area contributed by atoms with E-state index in [0.29, 0.717) is 17.2 Å². The van der Waals surface area contributed by atoms with Gasteiger partial charge in [0.15, 0.2) is 11.5 Å². The molecule has 0 unspecified atom stereocenters. The van der Waals surface area contributed by atoms with Gasteiger partial charge in [-0.2, -0.15) is 0 Å². The van der Waals surface area contributed by atoms with E-state index in [1.165, 1.54) is 13.0 Å². The predicted molar refractivity (Wildman–Crippen MR) is 89.5 cm³/mol. The maximum Gasteiger partial charge on any atom is 0.292 e. The molecule has 25 heavy (non-hydrogen) atoms. The van der Waals surface area contributed by atoms with Crippen LogP contribution in [0.1, 0.15) is 22.8 Å². The number of Topliss-reactive ketones (excluding diaryl/α,β-unsaturated/α-hetero) is 1. The molecule has 128 valence electrons. The smallest absolute Gasteiger partial charge is 0.292 e. The Morgan fingerprint density at radius 2 is 1.80 bits per heavy atom. The molecule has 0 fully saturated rings. The van der Waals surface area contributed by atoms with Gasteiger partial charge in [-0.05, 0) is 29.8 Å². The highest BCUT2D eigenvalue weighted by molar-refractivity contribution is 6.44. The molecular weight excluding hydrogens is 324 g/mol. The van der Waals surface area contributed by atoms with E-state index in [-0.39, 0.29) is 24.8 Å². The molecule has 0 bridgehead atoms. The number of carbonyl (C=O) groups excluding carboxylic acids is 3. The fourth-order valence-electron chi connectivity index (χ4n) is 2.42. The maximum atomic E-state index is 12.3. The molecule has 7 heteroatoms. The van der Waals surface area contributed by atoms with E-state index >= 15 is 0 Å². The zero-order chi connectivity index (χ0) is 17.8. The minimum atomic E-state index is -0.754. The third-order valence-electron chi connectivity index (χ3n) is 3.58. The molecule has 0 saturated carbocycles. The molecule has 2 aromatic carbocycles. The molecule has 1 heterocycles. The van der Waals surface area contributed by atoms with Gasteiger partial charge in [0.05, 0.1) is 11.3 Å². The number of amides is 2. The SMILES string of the molecule is CC(=O)Nc1ccccc1C(=O)C(=O)NCc1ccc2c(c1)OCO2. The van der Waals surface area contributed by atoms with Gasteiger partial charge in [0, 0.05) is 13.5 Å². The Morgan fingerprint density at radius 1 is 1.04 bits per heavy atom. The van der Waals surface area contributed by atoms with Gasteiger partial charge in [0.1, 0.15) is 0 Å². The number of para-hydroxylation sites is 1. The molecule has 0 spiro atoms. The molecule has 1 aliphatic heterocycles. The van der Waals surface area contributed by atoms with Crippen molar-refractivity contribution in [1.29, 1.82) is 0 Å². The monoisotopic (exact) mass is 340 g/mol. The van der Waals surface area contributed by atoms with Gasteiger partial charge in [-0.1, -0.05) is 18.2 Å². The maximum absolute atomic E-state index is 12.3. The second-order valence-electron chi connectivity index (χ2n) is 5.43. The van der Waals surface area contributed by atoms with Crippen molar-refractivity contribution in [2.45, 2.75) is 13.5 Å². The minimum Gasteiger partial charge on any atom is -0.454 e. The molecule has 0 aromatic heterocycles. The summed E-state index contributed by atoms with van der Waals surface area (Å²) in [5, 5.41) is 5.11. The Hall–Kier alpha value is -3.35. The zero-order valence-electron chi connectivity index (χ0n) is 13.5. The summed E-state index contributed by atoms with van der Waals surface area (Å²) in [6.45, 7) is 1.67. The molecule has 0 saturated heterocycles. The summed E-state index contributed by atoms with van der Waals surface area (Å²) in [7, 11) is 0. The number of hydrogen-bond acceptors (Lipinski definition) is 5. The van der Waals surface area contributed by atoms with Crippen LogP contribution in [0.4, 0.5) is 5.69 Å². The van der Waals surface area contributed by atoms with Crippen LogP contribution in [0.25, 0.3) is 0 Å².